The first-order valence-corrected chi connectivity index (χ1v) is 9.06. The van der Waals surface area contributed by atoms with Crippen molar-refractivity contribution in [2.45, 2.75) is 18.3 Å². The number of amides is 2. The first-order valence-electron chi connectivity index (χ1n) is 8.01. The lowest BCUT2D eigenvalue weighted by molar-refractivity contribution is -0.155. The van der Waals surface area contributed by atoms with E-state index in [1.165, 1.54) is 29.8 Å². The maximum Gasteiger partial charge on any atom is 0.330 e. The number of para-hydroxylation sites is 1. The number of anilines is 1. The molecule has 0 unspecified atom stereocenters. The van der Waals surface area contributed by atoms with Crippen LogP contribution < -0.4 is 5.32 Å². The first-order chi connectivity index (χ1) is 12.6. The molecule has 2 aromatic rings. The lowest BCUT2D eigenvalue weighted by atomic mass is 10.2. The van der Waals surface area contributed by atoms with Crippen molar-refractivity contribution in [2.75, 3.05) is 17.7 Å². The van der Waals surface area contributed by atoms with Crippen molar-refractivity contribution in [1.82, 2.24) is 4.90 Å². The smallest absolute Gasteiger partial charge is 0.330 e. The molecule has 1 fully saturated rings. The Labute approximate surface area is 154 Å². The monoisotopic (exact) mass is 374 g/mol. The van der Waals surface area contributed by atoms with E-state index in [-0.39, 0.29) is 11.3 Å². The van der Waals surface area contributed by atoms with Gasteiger partial charge in [-0.1, -0.05) is 18.2 Å². The Morgan fingerprint density at radius 1 is 1.23 bits per heavy atom. The first kappa shape index (κ1) is 18.1. The summed E-state index contributed by atoms with van der Waals surface area (Å²) in [7, 11) is 0. The van der Waals surface area contributed by atoms with Gasteiger partial charge in [0.05, 0.1) is 6.26 Å². The van der Waals surface area contributed by atoms with Crippen LogP contribution in [0.4, 0.5) is 5.69 Å². The molecular weight excluding hydrogens is 356 g/mol. The van der Waals surface area contributed by atoms with Gasteiger partial charge in [-0.25, -0.2) is 4.79 Å². The highest BCUT2D eigenvalue weighted by atomic mass is 32.2. The molecule has 0 bridgehead atoms. The zero-order valence-electron chi connectivity index (χ0n) is 14.1. The fraction of sp³-hybridized carbons (Fsp3) is 0.278. The minimum atomic E-state index is -0.753. The SMILES string of the molecule is CC(=O)N1[C@H](C(=O)OCC(=O)Nc2ccccc2)CS[C@H]1c1ccco1. The number of hydrogen-bond donors (Lipinski definition) is 1. The molecule has 0 saturated carbocycles. The summed E-state index contributed by atoms with van der Waals surface area (Å²) < 4.78 is 10.5. The van der Waals surface area contributed by atoms with E-state index < -0.39 is 24.5 Å². The van der Waals surface area contributed by atoms with E-state index in [1.807, 2.05) is 6.07 Å². The molecule has 1 aromatic carbocycles. The summed E-state index contributed by atoms with van der Waals surface area (Å²) >= 11 is 1.42. The second-order valence-electron chi connectivity index (χ2n) is 5.67. The second-order valence-corrected chi connectivity index (χ2v) is 6.78. The number of ether oxygens (including phenoxy) is 1. The molecule has 7 nitrogen and oxygen atoms in total. The molecule has 0 radical (unpaired) electrons. The van der Waals surface area contributed by atoms with Crippen LogP contribution in [0.2, 0.25) is 0 Å². The molecule has 1 aliphatic heterocycles. The number of hydrogen-bond acceptors (Lipinski definition) is 6. The molecule has 0 aliphatic carbocycles. The Hall–Kier alpha value is -2.74. The van der Waals surface area contributed by atoms with Crippen LogP contribution in [-0.2, 0) is 19.1 Å². The van der Waals surface area contributed by atoms with Crippen molar-refractivity contribution in [3.63, 3.8) is 0 Å². The molecule has 1 N–H and O–H groups in total. The normalized spacial score (nSPS) is 19.2. The van der Waals surface area contributed by atoms with Gasteiger partial charge in [0.1, 0.15) is 17.2 Å². The molecule has 1 aromatic heterocycles. The third-order valence-corrected chi connectivity index (χ3v) is 5.11. The van der Waals surface area contributed by atoms with Crippen LogP contribution in [0.5, 0.6) is 0 Å². The van der Waals surface area contributed by atoms with Gasteiger partial charge in [-0.05, 0) is 24.3 Å². The average Bonchev–Trinajstić information content (AvgIpc) is 3.29. The van der Waals surface area contributed by atoms with E-state index >= 15 is 0 Å². The van der Waals surface area contributed by atoms with Crippen LogP contribution >= 0.6 is 11.8 Å². The van der Waals surface area contributed by atoms with Crippen molar-refractivity contribution in [2.24, 2.45) is 0 Å². The standard InChI is InChI=1S/C18H18N2O5S/c1-12(21)20-14(11-26-17(20)15-8-5-9-24-15)18(23)25-10-16(22)19-13-6-3-2-4-7-13/h2-9,14,17H,10-11H2,1H3,(H,19,22)/t14-,17-/m0/s1. The molecule has 1 aliphatic rings. The van der Waals surface area contributed by atoms with Crippen LogP contribution in [0.25, 0.3) is 0 Å². The van der Waals surface area contributed by atoms with E-state index in [4.69, 9.17) is 9.15 Å². The van der Waals surface area contributed by atoms with E-state index in [2.05, 4.69) is 5.32 Å². The molecule has 2 heterocycles. The number of nitrogens with zero attached hydrogens (tertiary/aromatic N) is 1. The van der Waals surface area contributed by atoms with E-state index in [0.717, 1.165) is 0 Å². The summed E-state index contributed by atoms with van der Waals surface area (Å²) in [5.41, 5.74) is 0.619. The van der Waals surface area contributed by atoms with Crippen LogP contribution in [0.15, 0.2) is 53.1 Å². The van der Waals surface area contributed by atoms with Gasteiger partial charge in [-0.15, -0.1) is 11.8 Å². The molecule has 0 spiro atoms. The summed E-state index contributed by atoms with van der Waals surface area (Å²) in [5.74, 6) is -0.323. The number of nitrogens with one attached hydrogen (secondary N) is 1. The van der Waals surface area contributed by atoms with Crippen molar-refractivity contribution < 1.29 is 23.5 Å². The van der Waals surface area contributed by atoms with Gasteiger partial charge in [0.25, 0.3) is 5.91 Å². The molecule has 2 atom stereocenters. The Morgan fingerprint density at radius 2 is 2.00 bits per heavy atom. The number of carbonyl (C=O) groups excluding carboxylic acids is 3. The zero-order valence-corrected chi connectivity index (χ0v) is 14.9. The number of rotatable bonds is 5. The van der Waals surface area contributed by atoms with Crippen LogP contribution in [-0.4, -0.2) is 41.1 Å². The molecule has 1 saturated heterocycles. The lowest BCUT2D eigenvalue weighted by Crippen LogP contribution is -2.43. The van der Waals surface area contributed by atoms with Gasteiger partial charge in [0.15, 0.2) is 6.61 Å². The minimum absolute atomic E-state index is 0.257. The number of furan rings is 1. The number of thioether (sulfide) groups is 1. The molecule has 2 amide bonds. The molecule has 8 heteroatoms. The van der Waals surface area contributed by atoms with Crippen molar-refractivity contribution in [3.8, 4) is 0 Å². The highest BCUT2D eigenvalue weighted by Gasteiger charge is 2.43. The van der Waals surface area contributed by atoms with Crippen molar-refractivity contribution in [1.29, 1.82) is 0 Å². The van der Waals surface area contributed by atoms with Crippen LogP contribution in [0.3, 0.4) is 0 Å². The summed E-state index contributed by atoms with van der Waals surface area (Å²) in [4.78, 5) is 37.8. The van der Waals surface area contributed by atoms with Crippen molar-refractivity contribution in [3.05, 3.63) is 54.5 Å². The largest absolute Gasteiger partial charge is 0.466 e. The number of benzene rings is 1. The Bertz CT molecular complexity index is 778. The Balaban J connectivity index is 1.58. The fourth-order valence-electron chi connectivity index (χ4n) is 2.67. The third-order valence-electron chi connectivity index (χ3n) is 3.83. The second kappa shape index (κ2) is 8.09. The zero-order chi connectivity index (χ0) is 18.5. The summed E-state index contributed by atoms with van der Waals surface area (Å²) in [6.45, 7) is 0.982. The van der Waals surface area contributed by atoms with E-state index in [0.29, 0.717) is 17.2 Å². The average molecular weight is 374 g/mol. The highest BCUT2D eigenvalue weighted by molar-refractivity contribution is 7.99. The maximum absolute atomic E-state index is 12.4. The Morgan fingerprint density at radius 3 is 2.65 bits per heavy atom. The van der Waals surface area contributed by atoms with Crippen molar-refractivity contribution >= 4 is 35.2 Å². The fourth-order valence-corrected chi connectivity index (χ4v) is 4.09. The van der Waals surface area contributed by atoms with Gasteiger partial charge < -0.3 is 19.4 Å². The summed E-state index contributed by atoms with van der Waals surface area (Å²) in [5, 5.41) is 2.26. The van der Waals surface area contributed by atoms with Crippen LogP contribution in [0, 0.1) is 0 Å². The van der Waals surface area contributed by atoms with Gasteiger partial charge in [-0.2, -0.15) is 0 Å². The van der Waals surface area contributed by atoms with E-state index in [1.54, 1.807) is 36.4 Å². The number of esters is 1. The van der Waals surface area contributed by atoms with E-state index in [9.17, 15) is 14.4 Å². The number of carbonyl (C=O) groups is 3. The van der Waals surface area contributed by atoms with Crippen LogP contribution in [0.1, 0.15) is 18.1 Å². The Kier molecular flexibility index (Phi) is 5.62. The van der Waals surface area contributed by atoms with Gasteiger partial charge in [0, 0.05) is 18.4 Å². The van der Waals surface area contributed by atoms with Gasteiger partial charge in [-0.3, -0.25) is 9.59 Å². The van der Waals surface area contributed by atoms with Gasteiger partial charge >= 0.3 is 5.97 Å². The quantitative estimate of drug-likeness (QED) is 0.809. The predicted molar refractivity (Wildman–Crippen MR) is 96.2 cm³/mol. The predicted octanol–water partition coefficient (Wildman–Crippen LogP) is 2.42. The molecule has 136 valence electrons. The summed E-state index contributed by atoms with van der Waals surface area (Å²) in [6.07, 6.45) is 1.52. The lowest BCUT2D eigenvalue weighted by Gasteiger charge is -2.25. The third kappa shape index (κ3) is 4.08. The molecule has 3 rings (SSSR count). The summed E-state index contributed by atoms with van der Waals surface area (Å²) in [6, 6.07) is 11.6. The topological polar surface area (TPSA) is 88.8 Å². The van der Waals surface area contributed by atoms with Gasteiger partial charge in [0.2, 0.25) is 5.91 Å². The molecular formula is C18H18N2O5S. The molecule has 26 heavy (non-hydrogen) atoms. The minimum Gasteiger partial charge on any atom is -0.466 e. The highest BCUT2D eigenvalue weighted by Crippen LogP contribution is 2.41. The maximum atomic E-state index is 12.4.